The Hall–Kier alpha value is -1.06. The van der Waals surface area contributed by atoms with Gasteiger partial charge in [-0.25, -0.2) is 10.2 Å². The van der Waals surface area contributed by atoms with Gasteiger partial charge in [0.15, 0.2) is 0 Å². The predicted octanol–water partition coefficient (Wildman–Crippen LogP) is 2.00. The minimum absolute atomic E-state index is 0.562. The van der Waals surface area contributed by atoms with E-state index in [0.717, 1.165) is 30.4 Å². The van der Waals surface area contributed by atoms with Crippen molar-refractivity contribution in [1.82, 2.24) is 5.43 Å². The molecule has 0 aromatic rings. The monoisotopic (exact) mass is 209 g/mol. The molecule has 2 aliphatic carbocycles. The number of urea groups is 1. The Labute approximate surface area is 90.3 Å². The van der Waals surface area contributed by atoms with Gasteiger partial charge in [-0.15, -0.1) is 0 Å². The SMILES string of the molecule is NC(=O)N/N=C1/CC[C@H]2CCCC[C@H]2C1. The van der Waals surface area contributed by atoms with Crippen LogP contribution in [0.15, 0.2) is 5.10 Å². The van der Waals surface area contributed by atoms with Crippen LogP contribution in [0.5, 0.6) is 0 Å². The first-order valence-electron chi connectivity index (χ1n) is 5.86. The van der Waals surface area contributed by atoms with Crippen LogP contribution in [0.25, 0.3) is 0 Å². The van der Waals surface area contributed by atoms with Crippen molar-refractivity contribution in [2.24, 2.45) is 22.7 Å². The first-order chi connectivity index (χ1) is 7.25. The summed E-state index contributed by atoms with van der Waals surface area (Å²) < 4.78 is 0. The summed E-state index contributed by atoms with van der Waals surface area (Å²) >= 11 is 0. The Kier molecular flexibility index (Phi) is 3.23. The van der Waals surface area contributed by atoms with E-state index in [2.05, 4.69) is 10.5 Å². The second-order valence-corrected chi connectivity index (χ2v) is 4.70. The van der Waals surface area contributed by atoms with Crippen LogP contribution < -0.4 is 11.2 Å². The van der Waals surface area contributed by atoms with Crippen molar-refractivity contribution < 1.29 is 4.79 Å². The number of primary amides is 1. The fourth-order valence-corrected chi connectivity index (χ4v) is 2.93. The molecule has 0 radical (unpaired) electrons. The van der Waals surface area contributed by atoms with E-state index in [1.165, 1.54) is 32.1 Å². The highest BCUT2D eigenvalue weighted by atomic mass is 16.2. The lowest BCUT2D eigenvalue weighted by molar-refractivity contribution is 0.217. The zero-order valence-corrected chi connectivity index (χ0v) is 9.04. The molecule has 0 aliphatic heterocycles. The van der Waals surface area contributed by atoms with Gasteiger partial charge >= 0.3 is 6.03 Å². The number of carbonyl (C=O) groups excluding carboxylic acids is 1. The van der Waals surface area contributed by atoms with Crippen LogP contribution in [0, 0.1) is 11.8 Å². The molecule has 3 N–H and O–H groups in total. The van der Waals surface area contributed by atoms with Gasteiger partial charge in [0.25, 0.3) is 0 Å². The number of nitrogens with two attached hydrogens (primary N) is 1. The van der Waals surface area contributed by atoms with Gasteiger partial charge in [0.05, 0.1) is 0 Å². The van der Waals surface area contributed by atoms with Gasteiger partial charge in [-0.05, 0) is 37.5 Å². The number of hydrogen-bond acceptors (Lipinski definition) is 2. The number of fused-ring (bicyclic) bond motifs is 1. The maximum absolute atomic E-state index is 10.5. The van der Waals surface area contributed by atoms with Crippen molar-refractivity contribution in [3.05, 3.63) is 0 Å². The Bertz CT molecular complexity index is 275. The smallest absolute Gasteiger partial charge is 0.332 e. The molecule has 2 aliphatic rings. The molecule has 0 aromatic carbocycles. The Morgan fingerprint density at radius 1 is 1.27 bits per heavy atom. The number of hydrazone groups is 1. The zero-order chi connectivity index (χ0) is 10.7. The van der Waals surface area contributed by atoms with Crippen molar-refractivity contribution in [2.75, 3.05) is 0 Å². The molecule has 2 rings (SSSR count). The minimum atomic E-state index is -0.562. The summed E-state index contributed by atoms with van der Waals surface area (Å²) in [5, 5.41) is 4.07. The van der Waals surface area contributed by atoms with Crippen molar-refractivity contribution in [2.45, 2.75) is 44.9 Å². The standard InChI is InChI=1S/C11H19N3O/c12-11(15)14-13-10-6-5-8-3-1-2-4-9(8)7-10/h8-9H,1-7H2,(H3,12,14,15)/b13-10-/t8-,9+/m1/s1. The van der Waals surface area contributed by atoms with Crippen molar-refractivity contribution in [3.63, 3.8) is 0 Å². The number of nitrogens with zero attached hydrogens (tertiary/aromatic N) is 1. The molecule has 84 valence electrons. The molecule has 2 fully saturated rings. The third-order valence-corrected chi connectivity index (χ3v) is 3.69. The molecule has 2 amide bonds. The molecule has 4 nitrogen and oxygen atoms in total. The van der Waals surface area contributed by atoms with E-state index in [1.54, 1.807) is 0 Å². The van der Waals surface area contributed by atoms with Crippen LogP contribution >= 0.6 is 0 Å². The van der Waals surface area contributed by atoms with E-state index in [0.29, 0.717) is 0 Å². The van der Waals surface area contributed by atoms with E-state index in [-0.39, 0.29) is 0 Å². The molecule has 2 atom stereocenters. The van der Waals surface area contributed by atoms with E-state index in [4.69, 9.17) is 5.73 Å². The zero-order valence-electron chi connectivity index (χ0n) is 9.04. The fourth-order valence-electron chi connectivity index (χ4n) is 2.93. The van der Waals surface area contributed by atoms with E-state index < -0.39 is 6.03 Å². The summed E-state index contributed by atoms with van der Waals surface area (Å²) in [5.74, 6) is 1.72. The first kappa shape index (κ1) is 10.5. The summed E-state index contributed by atoms with van der Waals surface area (Å²) in [6.45, 7) is 0. The van der Waals surface area contributed by atoms with Crippen LogP contribution in [0.3, 0.4) is 0 Å². The average molecular weight is 209 g/mol. The van der Waals surface area contributed by atoms with Crippen molar-refractivity contribution >= 4 is 11.7 Å². The molecule has 15 heavy (non-hydrogen) atoms. The lowest BCUT2D eigenvalue weighted by Crippen LogP contribution is -2.31. The number of hydrogen-bond donors (Lipinski definition) is 2. The molecule has 4 heteroatoms. The van der Waals surface area contributed by atoms with Gasteiger partial charge in [-0.1, -0.05) is 19.3 Å². The quantitative estimate of drug-likeness (QED) is 0.637. The van der Waals surface area contributed by atoms with Crippen LogP contribution in [-0.2, 0) is 0 Å². The largest absolute Gasteiger partial charge is 0.350 e. The fraction of sp³-hybridized carbons (Fsp3) is 0.818. The molecule has 0 aromatic heterocycles. The van der Waals surface area contributed by atoms with Crippen LogP contribution in [0.2, 0.25) is 0 Å². The van der Waals surface area contributed by atoms with E-state index >= 15 is 0 Å². The third kappa shape index (κ3) is 2.70. The molecule has 2 saturated carbocycles. The van der Waals surface area contributed by atoms with Crippen LogP contribution in [-0.4, -0.2) is 11.7 Å². The summed E-state index contributed by atoms with van der Waals surface area (Å²) in [5.41, 5.74) is 8.44. The average Bonchev–Trinajstić information content (AvgIpc) is 2.26. The van der Waals surface area contributed by atoms with Gasteiger partial charge in [-0.3, -0.25) is 0 Å². The number of nitrogens with one attached hydrogen (secondary N) is 1. The molecular formula is C11H19N3O. The molecule has 0 bridgehead atoms. The van der Waals surface area contributed by atoms with Gasteiger partial charge in [0.2, 0.25) is 0 Å². The Morgan fingerprint density at radius 2 is 2.00 bits per heavy atom. The predicted molar refractivity (Wildman–Crippen MR) is 59.5 cm³/mol. The van der Waals surface area contributed by atoms with Crippen LogP contribution in [0.4, 0.5) is 4.79 Å². The number of rotatable bonds is 1. The Morgan fingerprint density at radius 3 is 2.73 bits per heavy atom. The van der Waals surface area contributed by atoms with Gasteiger partial charge in [0, 0.05) is 5.71 Å². The summed E-state index contributed by atoms with van der Waals surface area (Å²) in [4.78, 5) is 10.5. The van der Waals surface area contributed by atoms with E-state index in [9.17, 15) is 4.79 Å². The second kappa shape index (κ2) is 4.64. The maximum atomic E-state index is 10.5. The molecule has 0 unspecified atom stereocenters. The van der Waals surface area contributed by atoms with Crippen LogP contribution in [0.1, 0.15) is 44.9 Å². The number of carbonyl (C=O) groups is 1. The van der Waals surface area contributed by atoms with Crippen molar-refractivity contribution in [1.29, 1.82) is 0 Å². The lowest BCUT2D eigenvalue weighted by Gasteiger charge is -2.35. The summed E-state index contributed by atoms with van der Waals surface area (Å²) in [7, 11) is 0. The molecule has 0 saturated heterocycles. The van der Waals surface area contributed by atoms with Gasteiger partial charge in [-0.2, -0.15) is 5.10 Å². The molecule has 0 heterocycles. The lowest BCUT2D eigenvalue weighted by atomic mass is 9.70. The van der Waals surface area contributed by atoms with Crippen molar-refractivity contribution in [3.8, 4) is 0 Å². The summed E-state index contributed by atoms with van der Waals surface area (Å²) in [6, 6.07) is -0.562. The molecular weight excluding hydrogens is 190 g/mol. The highest BCUT2D eigenvalue weighted by Crippen LogP contribution is 2.39. The number of amides is 2. The topological polar surface area (TPSA) is 67.5 Å². The first-order valence-corrected chi connectivity index (χ1v) is 5.86. The maximum Gasteiger partial charge on any atom is 0.332 e. The third-order valence-electron chi connectivity index (χ3n) is 3.69. The van der Waals surface area contributed by atoms with Gasteiger partial charge in [0.1, 0.15) is 0 Å². The van der Waals surface area contributed by atoms with E-state index in [1.807, 2.05) is 0 Å². The minimum Gasteiger partial charge on any atom is -0.350 e. The van der Waals surface area contributed by atoms with Gasteiger partial charge < -0.3 is 5.73 Å². The molecule has 0 spiro atoms. The second-order valence-electron chi connectivity index (χ2n) is 4.70. The normalized spacial score (nSPS) is 33.5. The summed E-state index contributed by atoms with van der Waals surface area (Å²) in [6.07, 6.45) is 8.81. The highest BCUT2D eigenvalue weighted by molar-refractivity contribution is 5.86. The Balaban J connectivity index is 1.90. The highest BCUT2D eigenvalue weighted by Gasteiger charge is 2.30.